The van der Waals surface area contributed by atoms with Crippen molar-refractivity contribution in [1.29, 1.82) is 0 Å². The molecule has 2 N–H and O–H groups in total. The summed E-state index contributed by atoms with van der Waals surface area (Å²) >= 11 is 1.09. The average molecular weight is 511 g/mol. The van der Waals surface area contributed by atoms with Crippen LogP contribution in [0, 0.1) is 0 Å². The van der Waals surface area contributed by atoms with Crippen molar-refractivity contribution in [3.8, 4) is 0 Å². The summed E-state index contributed by atoms with van der Waals surface area (Å²) in [7, 11) is 1.20. The van der Waals surface area contributed by atoms with Crippen LogP contribution in [0.25, 0.3) is 0 Å². The number of fused-ring (bicyclic) bond motifs is 1. The molecular formula is C25H22N2O8S. The number of carboxylic acid groups (broad SMARTS) is 1. The number of rotatable bonds is 10. The molecule has 2 amide bonds. The van der Waals surface area contributed by atoms with Gasteiger partial charge in [0.05, 0.1) is 0 Å². The number of nitrogens with one attached hydrogen (secondary N) is 1. The predicted octanol–water partition coefficient (Wildman–Crippen LogP) is 1.43. The molecule has 2 aliphatic heterocycles. The highest BCUT2D eigenvalue weighted by Gasteiger charge is 2.67. The number of amides is 2. The number of hydrogen-bond donors (Lipinski definition) is 2. The number of carbonyl (C=O) groups is 5. The highest BCUT2D eigenvalue weighted by atomic mass is 32.2. The van der Waals surface area contributed by atoms with Crippen molar-refractivity contribution in [1.82, 2.24) is 10.2 Å². The molecule has 0 aliphatic carbocycles. The molecule has 11 heteroatoms. The van der Waals surface area contributed by atoms with Crippen molar-refractivity contribution in [2.75, 3.05) is 12.9 Å². The quantitative estimate of drug-likeness (QED) is 0.276. The molecule has 0 saturated carbocycles. The first-order valence-corrected chi connectivity index (χ1v) is 11.9. The van der Waals surface area contributed by atoms with Gasteiger partial charge in [0.25, 0.3) is 24.0 Å². The lowest BCUT2D eigenvalue weighted by molar-refractivity contribution is -0.194. The average Bonchev–Trinajstić information content (AvgIpc) is 2.90. The summed E-state index contributed by atoms with van der Waals surface area (Å²) in [5.74, 6) is -3.53. The number of ketones is 1. The Morgan fingerprint density at radius 2 is 1.81 bits per heavy atom. The minimum atomic E-state index is -1.91. The number of ether oxygens (including phenoxy) is 2. The van der Waals surface area contributed by atoms with Crippen LogP contribution in [0.2, 0.25) is 0 Å². The van der Waals surface area contributed by atoms with Crippen LogP contribution in [0.1, 0.15) is 17.2 Å². The molecule has 4 rings (SSSR count). The van der Waals surface area contributed by atoms with Gasteiger partial charge in [-0.2, -0.15) is 0 Å². The molecule has 0 radical (unpaired) electrons. The van der Waals surface area contributed by atoms with Crippen LogP contribution in [-0.2, 0) is 39.9 Å². The lowest BCUT2D eigenvalue weighted by Crippen LogP contribution is -2.81. The summed E-state index contributed by atoms with van der Waals surface area (Å²) in [4.78, 5) is 63.5. The van der Waals surface area contributed by atoms with Gasteiger partial charge in [0.1, 0.15) is 11.1 Å². The van der Waals surface area contributed by atoms with E-state index in [4.69, 9.17) is 9.47 Å². The number of benzene rings is 2. The topological polar surface area (TPSA) is 139 Å². The van der Waals surface area contributed by atoms with E-state index in [1.807, 2.05) is 0 Å². The smallest absolute Gasteiger partial charge is 0.353 e. The van der Waals surface area contributed by atoms with E-state index >= 15 is 0 Å². The predicted molar refractivity (Wildman–Crippen MR) is 127 cm³/mol. The summed E-state index contributed by atoms with van der Waals surface area (Å²) in [6, 6.07) is 17.0. The molecule has 0 spiro atoms. The molecule has 1 fully saturated rings. The van der Waals surface area contributed by atoms with Crippen LogP contribution in [-0.4, -0.2) is 64.0 Å². The van der Waals surface area contributed by atoms with Gasteiger partial charge in [-0.15, -0.1) is 11.8 Å². The minimum Gasteiger partial charge on any atom is -0.477 e. The minimum absolute atomic E-state index is 0.00318. The van der Waals surface area contributed by atoms with Crippen molar-refractivity contribution in [3.05, 3.63) is 83.1 Å². The number of aliphatic carboxylic acids is 1. The van der Waals surface area contributed by atoms with Gasteiger partial charge in [-0.3, -0.25) is 24.1 Å². The number of methoxy groups -OCH3 is 1. The third kappa shape index (κ3) is 4.38. The molecule has 1 saturated heterocycles. The van der Waals surface area contributed by atoms with E-state index in [2.05, 4.69) is 5.32 Å². The van der Waals surface area contributed by atoms with E-state index in [9.17, 15) is 29.1 Å². The van der Waals surface area contributed by atoms with Gasteiger partial charge in [-0.1, -0.05) is 60.7 Å². The number of nitrogens with zero attached hydrogens (tertiary/aromatic N) is 1. The van der Waals surface area contributed by atoms with E-state index in [0.29, 0.717) is 11.1 Å². The normalized spacial score (nSPS) is 21.6. The number of hydrogen-bond acceptors (Lipinski definition) is 8. The summed E-state index contributed by atoms with van der Waals surface area (Å²) in [5, 5.41) is 11.4. The second kappa shape index (κ2) is 10.3. The number of thioether (sulfide) groups is 1. The summed E-state index contributed by atoms with van der Waals surface area (Å²) in [6.45, 7) is 0.122. The third-order valence-corrected chi connectivity index (χ3v) is 7.25. The second-order valence-electron chi connectivity index (χ2n) is 8.01. The van der Waals surface area contributed by atoms with E-state index in [0.717, 1.165) is 16.7 Å². The first-order valence-electron chi connectivity index (χ1n) is 10.8. The highest BCUT2D eigenvalue weighted by molar-refractivity contribution is 8.00. The second-order valence-corrected chi connectivity index (χ2v) is 9.08. The van der Waals surface area contributed by atoms with E-state index < -0.39 is 46.5 Å². The summed E-state index contributed by atoms with van der Waals surface area (Å²) < 4.78 is 10.4. The summed E-state index contributed by atoms with van der Waals surface area (Å²) in [6.07, 6.45) is -1.38. The Balaban J connectivity index is 1.61. The summed E-state index contributed by atoms with van der Waals surface area (Å²) in [5.41, 5.74) is -1.26. The van der Waals surface area contributed by atoms with Gasteiger partial charge < -0.3 is 19.9 Å². The first kappa shape index (κ1) is 25.1. The maximum Gasteiger partial charge on any atom is 0.353 e. The molecule has 2 aromatic carbocycles. The van der Waals surface area contributed by atoms with Crippen LogP contribution in [0.4, 0.5) is 0 Å². The third-order valence-electron chi connectivity index (χ3n) is 5.94. The fourth-order valence-electron chi connectivity index (χ4n) is 4.20. The molecule has 2 aliphatic rings. The van der Waals surface area contributed by atoms with Crippen molar-refractivity contribution in [2.45, 2.75) is 23.6 Å². The number of Topliss-reactive ketones (excluding diaryl/α,β-unsaturated/α-hetero) is 1. The molecule has 2 heterocycles. The maximum atomic E-state index is 13.3. The number of carboxylic acids is 1. The van der Waals surface area contributed by atoms with Crippen LogP contribution in [0.3, 0.4) is 0 Å². The standard InChI is InChI=1S/C25H22N2O8S/c1-34-25(26-21(30)20(35-14-28)16-10-6-3-7-11-16)23(33)27-19(22(31)32)17(13-36-24(25)27)18(29)12-15-8-4-2-5-9-15/h2-11,14,20,24H,12-13H2,1H3,(H,26,30)(H,31,32)/t20?,24-,25?/m1/s1. The zero-order valence-electron chi connectivity index (χ0n) is 19.1. The van der Waals surface area contributed by atoms with Crippen LogP contribution in [0.15, 0.2) is 71.9 Å². The number of carbonyl (C=O) groups excluding carboxylic acids is 4. The Labute approximate surface area is 210 Å². The lowest BCUT2D eigenvalue weighted by atomic mass is 9.95. The SMILES string of the molecule is COC1(NC(=O)C(OC=O)c2ccccc2)C(=O)N2C(C(=O)O)=C(C(=O)Cc3ccccc3)CS[C@@H]21. The first-order chi connectivity index (χ1) is 17.3. The van der Waals surface area contributed by atoms with Gasteiger partial charge in [0.15, 0.2) is 5.78 Å². The Hall–Kier alpha value is -3.96. The molecule has 186 valence electrons. The fourth-order valence-corrected chi connectivity index (χ4v) is 5.67. The number of β-lactam (4-membered cyclic amide) rings is 1. The van der Waals surface area contributed by atoms with Crippen molar-refractivity contribution >= 4 is 41.8 Å². The van der Waals surface area contributed by atoms with Crippen molar-refractivity contribution < 1.29 is 38.6 Å². The largest absolute Gasteiger partial charge is 0.477 e. The van der Waals surface area contributed by atoms with E-state index in [-0.39, 0.29) is 24.2 Å². The van der Waals surface area contributed by atoms with Crippen LogP contribution < -0.4 is 5.32 Å². The lowest BCUT2D eigenvalue weighted by Gasteiger charge is -2.55. The molecule has 36 heavy (non-hydrogen) atoms. The zero-order chi connectivity index (χ0) is 25.9. The Kier molecular flexibility index (Phi) is 7.22. The maximum absolute atomic E-state index is 13.3. The van der Waals surface area contributed by atoms with E-state index in [1.165, 1.54) is 7.11 Å². The fraction of sp³-hybridized carbons (Fsp3) is 0.240. The van der Waals surface area contributed by atoms with Crippen molar-refractivity contribution in [2.24, 2.45) is 0 Å². The molecular weight excluding hydrogens is 488 g/mol. The van der Waals surface area contributed by atoms with E-state index in [1.54, 1.807) is 60.7 Å². The van der Waals surface area contributed by atoms with Crippen LogP contribution in [0.5, 0.6) is 0 Å². The van der Waals surface area contributed by atoms with Crippen LogP contribution >= 0.6 is 11.8 Å². The van der Waals surface area contributed by atoms with Gasteiger partial charge in [-0.25, -0.2) is 4.79 Å². The molecule has 0 bridgehead atoms. The Bertz CT molecular complexity index is 1230. The van der Waals surface area contributed by atoms with Gasteiger partial charge in [0, 0.05) is 30.4 Å². The molecule has 2 aromatic rings. The molecule has 10 nitrogen and oxygen atoms in total. The Morgan fingerprint density at radius 3 is 2.39 bits per heavy atom. The zero-order valence-corrected chi connectivity index (χ0v) is 19.9. The molecule has 3 atom stereocenters. The Morgan fingerprint density at radius 1 is 1.17 bits per heavy atom. The molecule has 0 aromatic heterocycles. The van der Waals surface area contributed by atoms with Gasteiger partial charge in [0.2, 0.25) is 6.10 Å². The molecule has 2 unspecified atom stereocenters. The monoisotopic (exact) mass is 510 g/mol. The van der Waals surface area contributed by atoms with Crippen molar-refractivity contribution in [3.63, 3.8) is 0 Å². The van der Waals surface area contributed by atoms with Gasteiger partial charge in [-0.05, 0) is 5.56 Å². The van der Waals surface area contributed by atoms with Gasteiger partial charge >= 0.3 is 5.97 Å². The highest BCUT2D eigenvalue weighted by Crippen LogP contribution is 2.47.